The van der Waals surface area contributed by atoms with Crippen LogP contribution in [-0.2, 0) is 96.0 Å². The van der Waals surface area contributed by atoms with Crippen molar-refractivity contribution in [2.75, 3.05) is 51.9 Å². The van der Waals surface area contributed by atoms with E-state index in [0.29, 0.717) is 71.9 Å². The zero-order valence-corrected chi connectivity index (χ0v) is 56.7. The normalized spacial score (nSPS) is 22.3. The first-order chi connectivity index (χ1) is 48.4. The predicted molar refractivity (Wildman–Crippen MR) is 370 cm³/mol. The van der Waals surface area contributed by atoms with Gasteiger partial charge >= 0.3 is 6.03 Å². The standard InChI is InChI=1S/C72H90N12O15S/c73-67(91)58-17-8-9-27-84-42-51(82-83-84)36-49(37-55(88)43-99-32-31-98-30-29-97-28-10-14-52(85)13-4-7-18-64-66-62(44-100-64)80-72(96)81-66)69(93)78-59(38-50-40-74-57-16-6-5-15-56(50)57)63(89)39-48(33-46-19-23-53(86)24-20-46)68(92)79-60(35-47-21-25-54(87)26-22-47)70(94)75-41-65(90)76-61(71(95)77-58)34-45-11-2-1-3-12-45/h1-3,5-6,11-12,15-16,19-26,40,42,48-49,58-62,64,66,74,86-87H,4,7-10,13-14,17-18,27-39,41,43-44H2,(H2,73,91)(H,75,94)(H,76,90)(H,77,95)(H,78,93)(H,79,92)(H2,80,81,96)/t48-,49+,58-,59+,60+,61+,62+,64+,66+/m0/s1. The summed E-state index contributed by atoms with van der Waals surface area (Å²) in [5.41, 5.74) is 9.29. The number of unbranched alkanes of at least 4 members (excludes halogenated alkanes) is 1. The maximum Gasteiger partial charge on any atom is 0.315 e. The number of hydrogen-bond donors (Lipinski definition) is 11. The number of fused-ring (bicyclic) bond motifs is 4. The van der Waals surface area contributed by atoms with Gasteiger partial charge < -0.3 is 72.4 Å². The number of benzene rings is 4. The van der Waals surface area contributed by atoms with Crippen LogP contribution >= 0.6 is 11.8 Å². The lowest BCUT2D eigenvalue weighted by atomic mass is 9.88. The number of phenols is 2. The first-order valence-corrected chi connectivity index (χ1v) is 35.2. The minimum atomic E-state index is -1.40. The van der Waals surface area contributed by atoms with Crippen molar-refractivity contribution in [3.05, 3.63) is 143 Å². The number of nitrogens with one attached hydrogen (secondary N) is 8. The van der Waals surface area contributed by atoms with Crippen LogP contribution in [0.25, 0.3) is 10.9 Å². The number of H-pyrrole nitrogens is 1. The quantitative estimate of drug-likeness (QED) is 0.0246. The number of para-hydroxylation sites is 1. The summed E-state index contributed by atoms with van der Waals surface area (Å²) >= 11 is 1.87. The van der Waals surface area contributed by atoms with E-state index in [4.69, 9.17) is 19.9 Å². The third-order valence-corrected chi connectivity index (χ3v) is 19.5. The van der Waals surface area contributed by atoms with Gasteiger partial charge in [-0.15, -0.1) is 5.10 Å². The van der Waals surface area contributed by atoms with Crippen molar-refractivity contribution >= 4 is 81.5 Å². The van der Waals surface area contributed by atoms with Crippen molar-refractivity contribution in [1.82, 2.24) is 57.2 Å². The minimum Gasteiger partial charge on any atom is -0.508 e. The number of thioether (sulfide) groups is 1. The Balaban J connectivity index is 0.888. The molecule has 100 heavy (non-hydrogen) atoms. The number of aromatic amines is 1. The fourth-order valence-corrected chi connectivity index (χ4v) is 14.1. The van der Waals surface area contributed by atoms with Gasteiger partial charge in [0.1, 0.15) is 42.0 Å². The molecule has 0 saturated carbocycles. The van der Waals surface area contributed by atoms with Crippen LogP contribution in [0.5, 0.6) is 11.5 Å². The molecule has 2 saturated heterocycles. The average molecular weight is 1400 g/mol. The van der Waals surface area contributed by atoms with Crippen LogP contribution < -0.4 is 43.0 Å². The largest absolute Gasteiger partial charge is 0.508 e. The number of Topliss-reactive ketones (excluding diaryl/α,β-unsaturated/α-hetero) is 3. The van der Waals surface area contributed by atoms with Crippen LogP contribution in [0.3, 0.4) is 0 Å². The molecule has 0 radical (unpaired) electrons. The smallest absolute Gasteiger partial charge is 0.315 e. The number of urea groups is 1. The molecule has 28 heteroatoms. The molecule has 2 bridgehead atoms. The Morgan fingerprint density at radius 1 is 0.610 bits per heavy atom. The van der Waals surface area contributed by atoms with Crippen LogP contribution in [0, 0.1) is 11.8 Å². The number of phenolic OH excluding ortho intramolecular Hbond substituents is 2. The summed E-state index contributed by atoms with van der Waals surface area (Å²) in [6.45, 7) is 0.322. The summed E-state index contributed by atoms with van der Waals surface area (Å²) in [5.74, 6) is -6.99. The van der Waals surface area contributed by atoms with Crippen LogP contribution in [-0.4, -0.2) is 182 Å². The number of carbonyl (C=O) groups excluding carboxylic acids is 10. The molecule has 4 aromatic carbocycles. The van der Waals surface area contributed by atoms with E-state index in [0.717, 1.165) is 35.9 Å². The Labute approximate surface area is 583 Å². The first-order valence-electron chi connectivity index (χ1n) is 34.2. The summed E-state index contributed by atoms with van der Waals surface area (Å²) in [4.78, 5) is 142. The summed E-state index contributed by atoms with van der Waals surface area (Å²) in [7, 11) is 0. The van der Waals surface area contributed by atoms with Crippen LogP contribution in [0.15, 0.2) is 116 Å². The SMILES string of the molecule is NC(=O)[C@@H]1CCCCn2cc(nn2)C[C@H](CC(=O)COCCOCCOCCCC(=O)CCCC[C@H]2SC[C@H]3NC(=O)N[C@H]32)C(=O)N[C@H](Cc2c[nH]c3ccccc23)C(=O)C[C@H](Cc2ccc(O)cc2)C(=O)N[C@H](Cc2ccc(O)cc2)C(=O)NCC(=O)N[C@H](Cc2ccccc2)C(=O)N1. The van der Waals surface area contributed by atoms with E-state index in [2.05, 4.69) is 52.5 Å². The van der Waals surface area contributed by atoms with Crippen molar-refractivity contribution in [1.29, 1.82) is 0 Å². The highest BCUT2D eigenvalue weighted by Gasteiger charge is 2.43. The fourth-order valence-electron chi connectivity index (χ4n) is 12.6. The van der Waals surface area contributed by atoms with E-state index in [9.17, 15) is 43.8 Å². The summed E-state index contributed by atoms with van der Waals surface area (Å²) in [6.07, 6.45) is 7.16. The molecule has 6 aromatic rings. The van der Waals surface area contributed by atoms with Gasteiger partial charge in [0.05, 0.1) is 62.7 Å². The van der Waals surface area contributed by atoms with Crippen molar-refractivity contribution in [2.24, 2.45) is 17.6 Å². The van der Waals surface area contributed by atoms with Gasteiger partial charge in [0, 0.05) is 105 Å². The molecule has 8 amide bonds. The minimum absolute atomic E-state index is 0.00676. The highest BCUT2D eigenvalue weighted by molar-refractivity contribution is 8.00. The number of rotatable bonds is 28. The number of aromatic hydroxyl groups is 2. The molecule has 12 N–H and O–H groups in total. The Kier molecular flexibility index (Phi) is 28.5. The number of nitrogens with two attached hydrogens (primary N) is 1. The lowest BCUT2D eigenvalue weighted by molar-refractivity contribution is -0.135. The molecule has 3 aliphatic heterocycles. The number of primary amides is 1. The first kappa shape index (κ1) is 74.7. The third-order valence-electron chi connectivity index (χ3n) is 18.0. The molecule has 2 fully saturated rings. The molecule has 2 aromatic heterocycles. The lowest BCUT2D eigenvalue weighted by Gasteiger charge is -2.25. The van der Waals surface area contributed by atoms with Gasteiger partial charge in [0.25, 0.3) is 0 Å². The van der Waals surface area contributed by atoms with Crippen LogP contribution in [0.4, 0.5) is 4.79 Å². The molecule has 3 aliphatic rings. The number of nitrogens with zero attached hydrogens (tertiary/aromatic N) is 3. The molecule has 27 nitrogen and oxygen atoms in total. The molecule has 9 atom stereocenters. The van der Waals surface area contributed by atoms with Crippen molar-refractivity contribution in [2.45, 2.75) is 151 Å². The summed E-state index contributed by atoms with van der Waals surface area (Å²) < 4.78 is 18.7. The second-order valence-electron chi connectivity index (χ2n) is 25.7. The number of carbonyl (C=O) groups is 10. The predicted octanol–water partition coefficient (Wildman–Crippen LogP) is 3.68. The van der Waals surface area contributed by atoms with E-state index >= 15 is 14.4 Å². The molecule has 0 unspecified atom stereocenters. The van der Waals surface area contributed by atoms with Crippen LogP contribution in [0.2, 0.25) is 0 Å². The van der Waals surface area contributed by atoms with E-state index in [1.165, 1.54) is 24.3 Å². The van der Waals surface area contributed by atoms with Crippen molar-refractivity contribution in [3.63, 3.8) is 0 Å². The maximum atomic E-state index is 15.3. The molecule has 9 rings (SSSR count). The van der Waals surface area contributed by atoms with E-state index in [1.807, 2.05) is 36.0 Å². The summed E-state index contributed by atoms with van der Waals surface area (Å²) in [6, 6.07) is 23.3. The highest BCUT2D eigenvalue weighted by atomic mass is 32.2. The molecule has 534 valence electrons. The Morgan fingerprint density at radius 3 is 2.00 bits per heavy atom. The van der Waals surface area contributed by atoms with Crippen molar-refractivity contribution < 1.29 is 72.4 Å². The number of aromatic nitrogens is 4. The number of ether oxygens (including phenoxy) is 3. The van der Waals surface area contributed by atoms with Crippen molar-refractivity contribution in [3.8, 4) is 11.5 Å². The molecular weight excluding hydrogens is 1300 g/mol. The number of aryl methyl sites for hydroxylation is 1. The Hall–Kier alpha value is -9.51. The zero-order chi connectivity index (χ0) is 70.8. The Bertz CT molecular complexity index is 3740. The second kappa shape index (κ2) is 38.2. The molecule has 0 aliphatic carbocycles. The fraction of sp³-hybridized carbons (Fsp3) is 0.472. The van der Waals surface area contributed by atoms with Gasteiger partial charge in [-0.1, -0.05) is 84.4 Å². The highest BCUT2D eigenvalue weighted by Crippen LogP contribution is 2.33. The van der Waals surface area contributed by atoms with Gasteiger partial charge in [0.15, 0.2) is 11.6 Å². The van der Waals surface area contributed by atoms with E-state index in [1.54, 1.807) is 71.7 Å². The summed E-state index contributed by atoms with van der Waals surface area (Å²) in [5, 5.41) is 49.9. The van der Waals surface area contributed by atoms with Gasteiger partial charge in [0.2, 0.25) is 35.4 Å². The number of ketones is 3. The van der Waals surface area contributed by atoms with E-state index < -0.39 is 96.0 Å². The maximum absolute atomic E-state index is 15.3. The Morgan fingerprint density at radius 2 is 1.26 bits per heavy atom. The third kappa shape index (κ3) is 23.6. The van der Waals surface area contributed by atoms with Gasteiger partial charge in [-0.2, -0.15) is 11.8 Å². The number of amides is 8. The zero-order valence-electron chi connectivity index (χ0n) is 55.9. The average Bonchev–Trinajstić information content (AvgIpc) is 1.68. The van der Waals surface area contributed by atoms with Gasteiger partial charge in [-0.05, 0) is 97.5 Å². The van der Waals surface area contributed by atoms with E-state index in [-0.39, 0.29) is 120 Å². The second-order valence-corrected chi connectivity index (χ2v) is 27.0. The van der Waals surface area contributed by atoms with Gasteiger partial charge in [-0.3, -0.25) is 47.8 Å². The molecule has 5 heterocycles. The topological polar surface area (TPSA) is 396 Å². The number of hydrogen-bond acceptors (Lipinski definition) is 18. The molecular formula is C72H90N12O15S. The van der Waals surface area contributed by atoms with Crippen LogP contribution in [0.1, 0.15) is 98.6 Å². The lowest BCUT2D eigenvalue weighted by Crippen LogP contribution is -2.56. The monoisotopic (exact) mass is 1390 g/mol. The molecule has 0 spiro atoms. The van der Waals surface area contributed by atoms with Gasteiger partial charge in [-0.25, -0.2) is 4.79 Å².